The number of likely N-dealkylation sites (N-methyl/N-ethyl adjacent to an activating group) is 1. The SMILES string of the molecule is CCc1cc(CCCC(=O)O)ccc1S(=O)(=O)N(C)C[C@H]1CO1. The second kappa shape index (κ2) is 7.42. The van der Waals surface area contributed by atoms with Crippen molar-refractivity contribution in [1.29, 1.82) is 0 Å². The van der Waals surface area contributed by atoms with Crippen LogP contribution in [-0.2, 0) is 32.4 Å². The van der Waals surface area contributed by atoms with Crippen LogP contribution >= 0.6 is 0 Å². The van der Waals surface area contributed by atoms with Gasteiger partial charge >= 0.3 is 5.97 Å². The van der Waals surface area contributed by atoms with Crippen molar-refractivity contribution < 1.29 is 23.1 Å². The molecule has 0 amide bonds. The third-order valence-electron chi connectivity index (χ3n) is 3.91. The molecule has 1 saturated heterocycles. The van der Waals surface area contributed by atoms with Gasteiger partial charge in [-0.05, 0) is 36.5 Å². The number of ether oxygens (including phenoxy) is 1. The molecule has 1 atom stereocenters. The van der Waals surface area contributed by atoms with Gasteiger partial charge in [0, 0.05) is 20.0 Å². The highest BCUT2D eigenvalue weighted by Crippen LogP contribution is 2.24. The molecular formula is C16H23NO5S. The van der Waals surface area contributed by atoms with Crippen LogP contribution in [0.3, 0.4) is 0 Å². The number of rotatable bonds is 9. The van der Waals surface area contributed by atoms with Crippen molar-refractivity contribution in [2.75, 3.05) is 20.2 Å². The van der Waals surface area contributed by atoms with Gasteiger partial charge in [-0.1, -0.05) is 19.1 Å². The highest BCUT2D eigenvalue weighted by atomic mass is 32.2. The lowest BCUT2D eigenvalue weighted by atomic mass is 10.0. The Morgan fingerprint density at radius 2 is 2.13 bits per heavy atom. The lowest BCUT2D eigenvalue weighted by Crippen LogP contribution is -2.31. The van der Waals surface area contributed by atoms with Crippen molar-refractivity contribution in [2.45, 2.75) is 43.6 Å². The minimum atomic E-state index is -3.53. The van der Waals surface area contributed by atoms with Crippen molar-refractivity contribution in [3.63, 3.8) is 0 Å². The maximum atomic E-state index is 12.7. The van der Waals surface area contributed by atoms with Crippen LogP contribution in [0.2, 0.25) is 0 Å². The molecule has 1 aliphatic rings. The molecule has 1 heterocycles. The fourth-order valence-electron chi connectivity index (χ4n) is 2.49. The summed E-state index contributed by atoms with van der Waals surface area (Å²) in [7, 11) is -1.96. The average molecular weight is 341 g/mol. The normalized spacial score (nSPS) is 17.4. The van der Waals surface area contributed by atoms with Crippen LogP contribution in [0.25, 0.3) is 0 Å². The highest BCUT2D eigenvalue weighted by molar-refractivity contribution is 7.89. The molecule has 6 nitrogen and oxygen atoms in total. The van der Waals surface area contributed by atoms with Crippen LogP contribution in [0.15, 0.2) is 23.1 Å². The number of carboxylic acid groups (broad SMARTS) is 1. The highest BCUT2D eigenvalue weighted by Gasteiger charge is 2.31. The summed E-state index contributed by atoms with van der Waals surface area (Å²) in [6, 6.07) is 5.28. The molecule has 0 aromatic heterocycles. The largest absolute Gasteiger partial charge is 0.481 e. The van der Waals surface area contributed by atoms with E-state index in [-0.39, 0.29) is 12.5 Å². The zero-order chi connectivity index (χ0) is 17.0. The molecule has 128 valence electrons. The van der Waals surface area contributed by atoms with Crippen LogP contribution < -0.4 is 0 Å². The van der Waals surface area contributed by atoms with Crippen LogP contribution in [0, 0.1) is 0 Å². The van der Waals surface area contributed by atoms with Crippen molar-refractivity contribution in [1.82, 2.24) is 4.31 Å². The Kier molecular flexibility index (Phi) is 5.78. The standard InChI is InChI=1S/C16H23NO5S/c1-3-13-9-12(5-4-6-16(18)19)7-8-15(13)23(20,21)17(2)10-14-11-22-14/h7-9,14H,3-6,10-11H2,1-2H3,(H,18,19)/t14-/m0/s1. The minimum Gasteiger partial charge on any atom is -0.481 e. The molecule has 0 saturated carbocycles. The summed E-state index contributed by atoms with van der Waals surface area (Å²) in [6.07, 6.45) is 1.91. The molecule has 0 bridgehead atoms. The Morgan fingerprint density at radius 3 is 2.70 bits per heavy atom. The van der Waals surface area contributed by atoms with E-state index >= 15 is 0 Å². The Morgan fingerprint density at radius 1 is 1.43 bits per heavy atom. The van der Waals surface area contributed by atoms with Gasteiger partial charge in [-0.15, -0.1) is 0 Å². The van der Waals surface area contributed by atoms with Crippen LogP contribution in [0.5, 0.6) is 0 Å². The van der Waals surface area contributed by atoms with E-state index in [0.717, 1.165) is 11.1 Å². The van der Waals surface area contributed by atoms with Gasteiger partial charge < -0.3 is 9.84 Å². The Balaban J connectivity index is 2.16. The van der Waals surface area contributed by atoms with Crippen LogP contribution in [0.1, 0.15) is 30.9 Å². The summed E-state index contributed by atoms with van der Waals surface area (Å²) in [5.74, 6) is -0.816. The van der Waals surface area contributed by atoms with Gasteiger partial charge in [-0.3, -0.25) is 4.79 Å². The molecule has 0 radical (unpaired) electrons. The first-order valence-electron chi connectivity index (χ1n) is 7.76. The number of nitrogens with zero attached hydrogens (tertiary/aromatic N) is 1. The predicted octanol–water partition coefficient (Wildman–Crippen LogP) is 1.68. The molecule has 7 heteroatoms. The summed E-state index contributed by atoms with van der Waals surface area (Å²) in [5.41, 5.74) is 1.73. The molecule has 1 N–H and O–H groups in total. The molecule has 1 aromatic rings. The summed E-state index contributed by atoms with van der Waals surface area (Å²) < 4.78 is 31.8. The quantitative estimate of drug-likeness (QED) is 0.691. The van der Waals surface area contributed by atoms with Gasteiger partial charge in [0.1, 0.15) is 0 Å². The predicted molar refractivity (Wildman–Crippen MR) is 85.9 cm³/mol. The van der Waals surface area contributed by atoms with Crippen molar-refractivity contribution >= 4 is 16.0 Å². The van der Waals surface area contributed by atoms with Crippen molar-refractivity contribution in [3.8, 4) is 0 Å². The summed E-state index contributed by atoms with van der Waals surface area (Å²) in [5, 5.41) is 8.69. The van der Waals surface area contributed by atoms with E-state index in [0.29, 0.717) is 37.3 Å². The number of epoxide rings is 1. The number of carboxylic acids is 1. The number of carbonyl (C=O) groups is 1. The third-order valence-corrected chi connectivity index (χ3v) is 5.84. The zero-order valence-electron chi connectivity index (χ0n) is 13.5. The maximum absolute atomic E-state index is 12.7. The number of hydrogen-bond donors (Lipinski definition) is 1. The number of aryl methyl sites for hydroxylation is 2. The molecule has 2 rings (SSSR count). The van der Waals surface area contributed by atoms with Gasteiger partial charge in [-0.25, -0.2) is 8.42 Å². The second-order valence-corrected chi connectivity index (χ2v) is 7.80. The van der Waals surface area contributed by atoms with E-state index in [9.17, 15) is 13.2 Å². The third kappa shape index (κ3) is 4.76. The van der Waals surface area contributed by atoms with Gasteiger partial charge in [-0.2, -0.15) is 4.31 Å². The molecule has 1 aromatic carbocycles. The summed E-state index contributed by atoms with van der Waals surface area (Å²) in [6.45, 7) is 2.90. The molecule has 23 heavy (non-hydrogen) atoms. The number of hydrogen-bond acceptors (Lipinski definition) is 4. The average Bonchev–Trinajstić information content (AvgIpc) is 3.30. The van der Waals surface area contributed by atoms with Crippen molar-refractivity contribution in [3.05, 3.63) is 29.3 Å². The fraction of sp³-hybridized carbons (Fsp3) is 0.562. The van der Waals surface area contributed by atoms with E-state index in [4.69, 9.17) is 9.84 Å². The van der Waals surface area contributed by atoms with Crippen LogP contribution in [-0.4, -0.2) is 50.1 Å². The van der Waals surface area contributed by atoms with Gasteiger partial charge in [0.15, 0.2) is 0 Å². The van der Waals surface area contributed by atoms with E-state index < -0.39 is 16.0 Å². The molecule has 0 aliphatic carbocycles. The van der Waals surface area contributed by atoms with Gasteiger partial charge in [0.05, 0.1) is 17.6 Å². The second-order valence-electron chi connectivity index (χ2n) is 5.78. The van der Waals surface area contributed by atoms with E-state index in [1.54, 1.807) is 19.2 Å². The summed E-state index contributed by atoms with van der Waals surface area (Å²) >= 11 is 0. The molecule has 0 unspecified atom stereocenters. The van der Waals surface area contributed by atoms with E-state index in [1.807, 2.05) is 13.0 Å². The maximum Gasteiger partial charge on any atom is 0.303 e. The Hall–Kier alpha value is -1.44. The van der Waals surface area contributed by atoms with Gasteiger partial charge in [0.25, 0.3) is 0 Å². The Bertz CT molecular complexity index is 667. The lowest BCUT2D eigenvalue weighted by molar-refractivity contribution is -0.137. The monoisotopic (exact) mass is 341 g/mol. The molecular weight excluding hydrogens is 318 g/mol. The van der Waals surface area contributed by atoms with E-state index in [2.05, 4.69) is 0 Å². The Labute approximate surface area is 137 Å². The summed E-state index contributed by atoms with van der Waals surface area (Å²) in [4.78, 5) is 10.9. The smallest absolute Gasteiger partial charge is 0.303 e. The first-order chi connectivity index (χ1) is 10.8. The first kappa shape index (κ1) is 17.9. The molecule has 1 aliphatic heterocycles. The molecule has 1 fully saturated rings. The minimum absolute atomic E-state index is 0.00939. The number of benzene rings is 1. The number of sulfonamides is 1. The van der Waals surface area contributed by atoms with Gasteiger partial charge in [0.2, 0.25) is 10.0 Å². The molecule has 0 spiro atoms. The first-order valence-corrected chi connectivity index (χ1v) is 9.20. The van der Waals surface area contributed by atoms with Crippen LogP contribution in [0.4, 0.5) is 0 Å². The van der Waals surface area contributed by atoms with E-state index in [1.165, 1.54) is 4.31 Å². The fourth-order valence-corrected chi connectivity index (χ4v) is 3.96. The topological polar surface area (TPSA) is 87.2 Å². The van der Waals surface area contributed by atoms with Crippen molar-refractivity contribution in [2.24, 2.45) is 0 Å². The zero-order valence-corrected chi connectivity index (χ0v) is 14.3. The number of aliphatic carboxylic acids is 1. The lowest BCUT2D eigenvalue weighted by Gasteiger charge is -2.19.